The number of amides is 2. The molecule has 0 aliphatic rings. The maximum absolute atomic E-state index is 13.0. The number of carbonyl (C=O) groups is 2. The van der Waals surface area contributed by atoms with Crippen molar-refractivity contribution in [2.75, 3.05) is 6.54 Å². The average Bonchev–Trinajstić information content (AvgIpc) is 3.43. The summed E-state index contributed by atoms with van der Waals surface area (Å²) >= 11 is 3.40. The van der Waals surface area contributed by atoms with Gasteiger partial charge in [-0.1, -0.05) is 46.3 Å². The third-order valence-corrected chi connectivity index (χ3v) is 5.64. The van der Waals surface area contributed by atoms with Crippen LogP contribution in [-0.4, -0.2) is 23.3 Å². The molecule has 4 rings (SSSR count). The highest BCUT2D eigenvalue weighted by Gasteiger charge is 2.17. The van der Waals surface area contributed by atoms with Crippen LogP contribution < -0.4 is 10.6 Å². The molecule has 4 aromatic rings. The number of aromatic nitrogens is 1. The first kappa shape index (κ1) is 21.6. The van der Waals surface area contributed by atoms with Gasteiger partial charge in [-0.15, -0.1) is 0 Å². The summed E-state index contributed by atoms with van der Waals surface area (Å²) in [6.07, 6.45) is 3.72. The minimum atomic E-state index is -0.485. The fourth-order valence-electron chi connectivity index (χ4n) is 3.53. The Bertz CT molecular complexity index is 1270. The quantitative estimate of drug-likeness (QED) is 0.319. The van der Waals surface area contributed by atoms with Crippen LogP contribution in [0.25, 0.3) is 17.0 Å². The van der Waals surface area contributed by atoms with E-state index in [2.05, 4.69) is 37.6 Å². The number of H-pyrrole nitrogens is 1. The van der Waals surface area contributed by atoms with Crippen LogP contribution in [0.4, 0.5) is 0 Å². The van der Waals surface area contributed by atoms with E-state index in [9.17, 15) is 9.59 Å². The Labute approximate surface area is 193 Å². The maximum atomic E-state index is 13.0. The molecular formula is C25H22BrN3O3. The number of benzene rings is 2. The molecule has 2 amide bonds. The third-order valence-electron chi connectivity index (χ3n) is 5.11. The van der Waals surface area contributed by atoms with Gasteiger partial charge >= 0.3 is 0 Å². The van der Waals surface area contributed by atoms with Crippen LogP contribution in [0.2, 0.25) is 0 Å². The highest BCUT2D eigenvalue weighted by Crippen LogP contribution is 2.22. The van der Waals surface area contributed by atoms with E-state index in [1.54, 1.807) is 18.2 Å². The number of carbonyl (C=O) groups excluding carboxylic acids is 2. The summed E-state index contributed by atoms with van der Waals surface area (Å²) in [6.45, 7) is 2.45. The van der Waals surface area contributed by atoms with Crippen molar-refractivity contribution in [2.24, 2.45) is 0 Å². The molecule has 0 unspecified atom stereocenters. The van der Waals surface area contributed by atoms with Crippen molar-refractivity contribution in [3.8, 4) is 0 Å². The summed E-state index contributed by atoms with van der Waals surface area (Å²) in [5.74, 6) is -0.722. The number of hydrogen-bond acceptors (Lipinski definition) is 3. The van der Waals surface area contributed by atoms with Crippen molar-refractivity contribution in [1.82, 2.24) is 15.6 Å². The second-order valence-corrected chi connectivity index (χ2v) is 8.24. The fraction of sp³-hybridized carbons (Fsp3) is 0.120. The molecule has 0 fully saturated rings. The second-order valence-electron chi connectivity index (χ2n) is 7.32. The van der Waals surface area contributed by atoms with Gasteiger partial charge in [0.15, 0.2) is 5.76 Å². The smallest absolute Gasteiger partial charge is 0.291 e. The lowest BCUT2D eigenvalue weighted by atomic mass is 10.1. The number of halogens is 1. The summed E-state index contributed by atoms with van der Waals surface area (Å²) in [4.78, 5) is 28.8. The van der Waals surface area contributed by atoms with Gasteiger partial charge in [-0.25, -0.2) is 0 Å². The molecule has 2 aromatic carbocycles. The largest absolute Gasteiger partial charge is 0.459 e. The van der Waals surface area contributed by atoms with Gasteiger partial charge in [0.25, 0.3) is 11.8 Å². The molecular weight excluding hydrogens is 470 g/mol. The van der Waals surface area contributed by atoms with Crippen LogP contribution in [-0.2, 0) is 11.2 Å². The molecule has 2 aromatic heterocycles. The zero-order chi connectivity index (χ0) is 22.5. The Kier molecular flexibility index (Phi) is 6.56. The minimum absolute atomic E-state index is 0.133. The van der Waals surface area contributed by atoms with Crippen molar-refractivity contribution < 1.29 is 14.0 Å². The second kappa shape index (κ2) is 9.70. The zero-order valence-electron chi connectivity index (χ0n) is 17.4. The monoisotopic (exact) mass is 491 g/mol. The normalized spacial score (nSPS) is 11.5. The van der Waals surface area contributed by atoms with E-state index < -0.39 is 5.91 Å². The third kappa shape index (κ3) is 5.00. The number of para-hydroxylation sites is 1. The van der Waals surface area contributed by atoms with Gasteiger partial charge in [-0.05, 0) is 60.9 Å². The lowest BCUT2D eigenvalue weighted by molar-refractivity contribution is -0.117. The molecule has 2 heterocycles. The van der Waals surface area contributed by atoms with Gasteiger partial charge in [0, 0.05) is 27.6 Å². The van der Waals surface area contributed by atoms with E-state index in [1.165, 1.54) is 11.8 Å². The van der Waals surface area contributed by atoms with Crippen LogP contribution >= 0.6 is 15.9 Å². The molecule has 3 N–H and O–H groups in total. The fourth-order valence-corrected chi connectivity index (χ4v) is 3.79. The Morgan fingerprint density at radius 2 is 1.84 bits per heavy atom. The van der Waals surface area contributed by atoms with Crippen LogP contribution in [0.15, 0.2) is 81.5 Å². The lowest BCUT2D eigenvalue weighted by Crippen LogP contribution is -2.35. The first-order chi connectivity index (χ1) is 15.5. The Hall–Kier alpha value is -3.58. The molecule has 0 spiro atoms. The molecule has 32 heavy (non-hydrogen) atoms. The molecule has 0 radical (unpaired) electrons. The summed E-state index contributed by atoms with van der Waals surface area (Å²) in [5.41, 5.74) is 4.25. The van der Waals surface area contributed by atoms with Crippen molar-refractivity contribution >= 4 is 44.7 Å². The number of rotatable bonds is 7. The van der Waals surface area contributed by atoms with Crippen molar-refractivity contribution in [1.29, 1.82) is 0 Å². The number of fused-ring (bicyclic) bond motifs is 1. The summed E-state index contributed by atoms with van der Waals surface area (Å²) in [5, 5.41) is 6.73. The summed E-state index contributed by atoms with van der Waals surface area (Å²) < 4.78 is 6.07. The van der Waals surface area contributed by atoms with E-state index in [0.717, 1.165) is 26.6 Å². The van der Waals surface area contributed by atoms with Gasteiger partial charge in [0.05, 0.1) is 6.26 Å². The Morgan fingerprint density at radius 1 is 1.06 bits per heavy atom. The lowest BCUT2D eigenvalue weighted by Gasteiger charge is -2.11. The molecule has 0 aliphatic carbocycles. The molecule has 162 valence electrons. The van der Waals surface area contributed by atoms with Gasteiger partial charge in [0.1, 0.15) is 5.70 Å². The van der Waals surface area contributed by atoms with E-state index in [1.807, 2.05) is 49.4 Å². The van der Waals surface area contributed by atoms with E-state index in [4.69, 9.17) is 4.42 Å². The van der Waals surface area contributed by atoms with E-state index in [-0.39, 0.29) is 17.4 Å². The highest BCUT2D eigenvalue weighted by atomic mass is 79.9. The van der Waals surface area contributed by atoms with Gasteiger partial charge in [-0.3, -0.25) is 9.59 Å². The predicted molar refractivity (Wildman–Crippen MR) is 128 cm³/mol. The number of nitrogens with one attached hydrogen (secondary N) is 3. The van der Waals surface area contributed by atoms with E-state index >= 15 is 0 Å². The minimum Gasteiger partial charge on any atom is -0.459 e. The average molecular weight is 492 g/mol. The SMILES string of the molecule is Cc1[nH]c2ccccc2c1CCNC(=O)C(=Cc1ccc(Br)cc1)NC(=O)c1ccco1. The van der Waals surface area contributed by atoms with Crippen molar-refractivity contribution in [3.63, 3.8) is 0 Å². The molecule has 7 heteroatoms. The maximum Gasteiger partial charge on any atom is 0.291 e. The van der Waals surface area contributed by atoms with Crippen molar-refractivity contribution in [2.45, 2.75) is 13.3 Å². The Morgan fingerprint density at radius 3 is 2.59 bits per heavy atom. The molecule has 0 aliphatic heterocycles. The Balaban J connectivity index is 1.49. The zero-order valence-corrected chi connectivity index (χ0v) is 19.0. The van der Waals surface area contributed by atoms with Crippen LogP contribution in [0.1, 0.15) is 27.4 Å². The van der Waals surface area contributed by atoms with Crippen LogP contribution in [0, 0.1) is 6.92 Å². The molecule has 0 saturated heterocycles. The van der Waals surface area contributed by atoms with Gasteiger partial charge in [0.2, 0.25) is 0 Å². The first-order valence-electron chi connectivity index (χ1n) is 10.2. The molecule has 0 atom stereocenters. The highest BCUT2D eigenvalue weighted by molar-refractivity contribution is 9.10. The first-order valence-corrected chi connectivity index (χ1v) is 11.0. The summed E-state index contributed by atoms with van der Waals surface area (Å²) in [7, 11) is 0. The summed E-state index contributed by atoms with van der Waals surface area (Å²) in [6, 6.07) is 18.7. The predicted octanol–water partition coefficient (Wildman–Crippen LogP) is 4.96. The topological polar surface area (TPSA) is 87.1 Å². The van der Waals surface area contributed by atoms with Crippen LogP contribution in [0.3, 0.4) is 0 Å². The van der Waals surface area contributed by atoms with E-state index in [0.29, 0.717) is 13.0 Å². The molecule has 0 bridgehead atoms. The standard InChI is InChI=1S/C25H22BrN3O3/c1-16-19(20-5-2-3-6-21(20)28-16)12-13-27-24(30)22(15-17-8-10-18(26)11-9-17)29-25(31)23-7-4-14-32-23/h2-11,14-15,28H,12-13H2,1H3,(H,27,30)(H,29,31). The number of furan rings is 1. The number of aryl methyl sites for hydroxylation is 1. The van der Waals surface area contributed by atoms with Crippen LogP contribution in [0.5, 0.6) is 0 Å². The molecule has 0 saturated carbocycles. The number of aromatic amines is 1. The number of hydrogen-bond donors (Lipinski definition) is 3. The molecule has 6 nitrogen and oxygen atoms in total. The van der Waals surface area contributed by atoms with Gasteiger partial charge in [-0.2, -0.15) is 0 Å². The van der Waals surface area contributed by atoms with Gasteiger partial charge < -0.3 is 20.0 Å². The van der Waals surface area contributed by atoms with Crippen molar-refractivity contribution in [3.05, 3.63) is 99.7 Å².